The minimum Gasteiger partial charge on any atom is -0.372 e. The number of carbonyl (C=O) groups excluding carboxylic acids is 1. The third-order valence-electron chi connectivity index (χ3n) is 5.61. The fourth-order valence-electron chi connectivity index (χ4n) is 3.93. The van der Waals surface area contributed by atoms with Crippen molar-refractivity contribution in [3.05, 3.63) is 24.3 Å². The van der Waals surface area contributed by atoms with E-state index in [0.717, 1.165) is 39.0 Å². The molecule has 1 amide bonds. The zero-order valence-corrected chi connectivity index (χ0v) is 15.2. The maximum Gasteiger partial charge on any atom is 0.225 e. The zero-order valence-electron chi connectivity index (χ0n) is 15.2. The number of hydrogen-bond acceptors (Lipinski definition) is 3. The highest BCUT2D eigenvalue weighted by atomic mass is 16.2. The third kappa shape index (κ3) is 3.68. The van der Waals surface area contributed by atoms with Crippen molar-refractivity contribution in [2.24, 2.45) is 5.92 Å². The molecule has 2 heterocycles. The van der Waals surface area contributed by atoms with Crippen LogP contribution in [0.5, 0.6) is 0 Å². The lowest BCUT2D eigenvalue weighted by atomic mass is 10.0. The van der Waals surface area contributed by atoms with E-state index in [9.17, 15) is 4.79 Å². The highest BCUT2D eigenvalue weighted by Crippen LogP contribution is 2.25. The molecule has 2 aliphatic rings. The average molecular weight is 329 g/mol. The molecule has 0 spiro atoms. The molecule has 4 nitrogen and oxygen atoms in total. The number of hydrogen-bond donors (Lipinski definition) is 0. The molecule has 0 aromatic heterocycles. The van der Waals surface area contributed by atoms with Gasteiger partial charge >= 0.3 is 0 Å². The number of nitrogens with zero attached hydrogens (tertiary/aromatic N) is 3. The SMILES string of the molecule is CCC(CC)C(=O)N1CCN(c2ccc(N3CCCC3)cc2)CC1. The molecule has 0 saturated carbocycles. The van der Waals surface area contributed by atoms with Gasteiger partial charge in [-0.2, -0.15) is 0 Å². The van der Waals surface area contributed by atoms with E-state index in [1.807, 2.05) is 0 Å². The number of benzene rings is 1. The molecular weight excluding hydrogens is 298 g/mol. The summed E-state index contributed by atoms with van der Waals surface area (Å²) in [7, 11) is 0. The van der Waals surface area contributed by atoms with Crippen molar-refractivity contribution in [3.8, 4) is 0 Å². The first-order chi connectivity index (χ1) is 11.7. The Kier molecular flexibility index (Phi) is 5.64. The molecule has 1 aromatic rings. The molecule has 1 aromatic carbocycles. The maximum absolute atomic E-state index is 12.5. The Morgan fingerprint density at radius 1 is 0.833 bits per heavy atom. The molecule has 24 heavy (non-hydrogen) atoms. The van der Waals surface area contributed by atoms with E-state index in [-0.39, 0.29) is 5.92 Å². The third-order valence-corrected chi connectivity index (χ3v) is 5.61. The summed E-state index contributed by atoms with van der Waals surface area (Å²) in [5.74, 6) is 0.556. The lowest BCUT2D eigenvalue weighted by Gasteiger charge is -2.37. The summed E-state index contributed by atoms with van der Waals surface area (Å²) in [6.07, 6.45) is 4.53. The summed E-state index contributed by atoms with van der Waals surface area (Å²) < 4.78 is 0. The molecule has 2 fully saturated rings. The maximum atomic E-state index is 12.5. The Labute approximate surface area is 146 Å². The summed E-state index contributed by atoms with van der Waals surface area (Å²) in [5, 5.41) is 0. The predicted molar refractivity (Wildman–Crippen MR) is 101 cm³/mol. The van der Waals surface area contributed by atoms with E-state index in [2.05, 4.69) is 52.8 Å². The van der Waals surface area contributed by atoms with E-state index in [4.69, 9.17) is 0 Å². The normalized spacial score (nSPS) is 18.5. The number of carbonyl (C=O) groups is 1. The lowest BCUT2D eigenvalue weighted by molar-refractivity contribution is -0.136. The van der Waals surface area contributed by atoms with Crippen LogP contribution in [0.1, 0.15) is 39.5 Å². The van der Waals surface area contributed by atoms with Crippen LogP contribution in [0.25, 0.3) is 0 Å². The highest BCUT2D eigenvalue weighted by Gasteiger charge is 2.25. The number of amides is 1. The van der Waals surface area contributed by atoms with Crippen molar-refractivity contribution in [1.82, 2.24) is 4.90 Å². The van der Waals surface area contributed by atoms with E-state index in [1.165, 1.54) is 37.3 Å². The van der Waals surface area contributed by atoms with E-state index < -0.39 is 0 Å². The van der Waals surface area contributed by atoms with Crippen LogP contribution in [0.2, 0.25) is 0 Å². The Balaban J connectivity index is 1.55. The fourth-order valence-corrected chi connectivity index (χ4v) is 3.93. The Hall–Kier alpha value is -1.71. The molecule has 132 valence electrons. The molecule has 0 bridgehead atoms. The molecule has 0 N–H and O–H groups in total. The Morgan fingerprint density at radius 3 is 1.75 bits per heavy atom. The smallest absolute Gasteiger partial charge is 0.225 e. The predicted octanol–water partition coefficient (Wildman–Crippen LogP) is 3.37. The van der Waals surface area contributed by atoms with E-state index in [0.29, 0.717) is 5.91 Å². The summed E-state index contributed by atoms with van der Waals surface area (Å²) in [4.78, 5) is 19.4. The van der Waals surface area contributed by atoms with Gasteiger partial charge in [-0.15, -0.1) is 0 Å². The summed E-state index contributed by atoms with van der Waals surface area (Å²) >= 11 is 0. The van der Waals surface area contributed by atoms with Gasteiger partial charge in [0.1, 0.15) is 0 Å². The van der Waals surface area contributed by atoms with Crippen LogP contribution in [0.4, 0.5) is 11.4 Å². The molecular formula is C20H31N3O. The van der Waals surface area contributed by atoms with Crippen LogP contribution in [0.3, 0.4) is 0 Å². The first-order valence-corrected chi connectivity index (χ1v) is 9.61. The molecule has 4 heteroatoms. The molecule has 2 aliphatic heterocycles. The zero-order chi connectivity index (χ0) is 16.9. The molecule has 3 rings (SSSR count). The van der Waals surface area contributed by atoms with Gasteiger partial charge < -0.3 is 14.7 Å². The van der Waals surface area contributed by atoms with Crippen molar-refractivity contribution in [1.29, 1.82) is 0 Å². The summed E-state index contributed by atoms with van der Waals surface area (Å²) in [6, 6.07) is 8.99. The van der Waals surface area contributed by atoms with Gasteiger partial charge in [-0.05, 0) is 49.9 Å². The molecule has 2 saturated heterocycles. The first kappa shape index (κ1) is 17.1. The van der Waals surface area contributed by atoms with E-state index in [1.54, 1.807) is 0 Å². The molecule has 0 unspecified atom stereocenters. The number of anilines is 2. The second-order valence-electron chi connectivity index (χ2n) is 7.04. The second kappa shape index (κ2) is 7.91. The molecule has 0 aliphatic carbocycles. The van der Waals surface area contributed by atoms with Gasteiger partial charge in [0.05, 0.1) is 0 Å². The van der Waals surface area contributed by atoms with Crippen LogP contribution in [-0.4, -0.2) is 50.1 Å². The average Bonchev–Trinajstić information content (AvgIpc) is 3.18. The Bertz CT molecular complexity index is 524. The van der Waals surface area contributed by atoms with Gasteiger partial charge in [-0.25, -0.2) is 0 Å². The number of rotatable bonds is 5. The van der Waals surface area contributed by atoms with Gasteiger partial charge in [-0.3, -0.25) is 4.79 Å². The highest BCUT2D eigenvalue weighted by molar-refractivity contribution is 5.79. The fraction of sp³-hybridized carbons (Fsp3) is 0.650. The first-order valence-electron chi connectivity index (χ1n) is 9.61. The summed E-state index contributed by atoms with van der Waals surface area (Å²) in [6.45, 7) is 10.2. The molecule has 0 atom stereocenters. The van der Waals surface area contributed by atoms with Crippen molar-refractivity contribution in [3.63, 3.8) is 0 Å². The summed E-state index contributed by atoms with van der Waals surface area (Å²) in [5.41, 5.74) is 2.63. The van der Waals surface area contributed by atoms with Crippen molar-refractivity contribution < 1.29 is 4.79 Å². The van der Waals surface area contributed by atoms with Gasteiger partial charge in [0.2, 0.25) is 5.91 Å². The largest absolute Gasteiger partial charge is 0.372 e. The topological polar surface area (TPSA) is 26.8 Å². The molecule has 0 radical (unpaired) electrons. The minimum atomic E-state index is 0.205. The van der Waals surface area contributed by atoms with E-state index >= 15 is 0 Å². The second-order valence-corrected chi connectivity index (χ2v) is 7.04. The quantitative estimate of drug-likeness (QED) is 0.829. The van der Waals surface area contributed by atoms with Gasteiger partial charge in [-0.1, -0.05) is 13.8 Å². The van der Waals surface area contributed by atoms with Gasteiger partial charge in [0.15, 0.2) is 0 Å². The minimum absolute atomic E-state index is 0.205. The van der Waals surface area contributed by atoms with Crippen molar-refractivity contribution in [2.45, 2.75) is 39.5 Å². The van der Waals surface area contributed by atoms with Crippen LogP contribution in [0, 0.1) is 5.92 Å². The van der Waals surface area contributed by atoms with Crippen LogP contribution >= 0.6 is 0 Å². The van der Waals surface area contributed by atoms with Crippen LogP contribution < -0.4 is 9.80 Å². The monoisotopic (exact) mass is 329 g/mol. The van der Waals surface area contributed by atoms with Crippen molar-refractivity contribution >= 4 is 17.3 Å². The van der Waals surface area contributed by atoms with Crippen molar-refractivity contribution in [2.75, 3.05) is 49.1 Å². The van der Waals surface area contributed by atoms with Crippen LogP contribution in [0.15, 0.2) is 24.3 Å². The van der Waals surface area contributed by atoms with Gasteiger partial charge in [0.25, 0.3) is 0 Å². The standard InChI is InChI=1S/C20H31N3O/c1-3-17(4-2)20(24)23-15-13-22(14-16-23)19-9-7-18(8-10-19)21-11-5-6-12-21/h7-10,17H,3-6,11-16H2,1-2H3. The van der Waals surface area contributed by atoms with Crippen LogP contribution in [-0.2, 0) is 4.79 Å². The Morgan fingerprint density at radius 2 is 1.29 bits per heavy atom. The number of piperazine rings is 1. The lowest BCUT2D eigenvalue weighted by Crippen LogP contribution is -2.50. The van der Waals surface area contributed by atoms with Gasteiger partial charge in [0, 0.05) is 56.6 Å².